The molecule has 0 spiro atoms. The maximum Gasteiger partial charge on any atom is 0.251 e. The molecule has 0 aliphatic carbocycles. The molecule has 0 aliphatic heterocycles. The second kappa shape index (κ2) is 8.66. The predicted octanol–water partition coefficient (Wildman–Crippen LogP) is 3.22. The average molecular weight is 369 g/mol. The molecule has 2 amide bonds. The van der Waals surface area contributed by atoms with Crippen LogP contribution in [0.4, 0.5) is 4.39 Å². The van der Waals surface area contributed by atoms with E-state index < -0.39 is 11.7 Å². The minimum atomic E-state index is -0.439. The number of carbonyl (C=O) groups excluding carboxylic acids is 2. The fourth-order valence-electron chi connectivity index (χ4n) is 1.99. The van der Waals surface area contributed by atoms with Crippen LogP contribution in [0, 0.1) is 5.82 Å². The quantitative estimate of drug-likeness (QED) is 0.822. The zero-order valence-corrected chi connectivity index (χ0v) is 14.1. The molecule has 2 aromatic carbocycles. The molecule has 0 aliphatic rings. The lowest BCUT2D eigenvalue weighted by Crippen LogP contribution is -2.37. The molecule has 0 aromatic heterocycles. The van der Waals surface area contributed by atoms with Crippen LogP contribution in [-0.4, -0.2) is 24.9 Å². The molecule has 0 bridgehead atoms. The lowest BCUT2D eigenvalue weighted by molar-refractivity contribution is -0.120. The van der Waals surface area contributed by atoms with E-state index in [4.69, 9.17) is 23.2 Å². The van der Waals surface area contributed by atoms with Gasteiger partial charge in [-0.3, -0.25) is 9.59 Å². The molecule has 2 N–H and O–H groups in total. The van der Waals surface area contributed by atoms with Crippen molar-refractivity contribution in [3.63, 3.8) is 0 Å². The number of nitrogens with one attached hydrogen (secondary N) is 2. The van der Waals surface area contributed by atoms with Gasteiger partial charge in [0, 0.05) is 22.2 Å². The van der Waals surface area contributed by atoms with Crippen LogP contribution in [0.1, 0.15) is 15.9 Å². The largest absolute Gasteiger partial charge is 0.354 e. The maximum absolute atomic E-state index is 12.8. The maximum atomic E-state index is 12.8. The summed E-state index contributed by atoms with van der Waals surface area (Å²) >= 11 is 11.9. The third-order valence-electron chi connectivity index (χ3n) is 3.25. The van der Waals surface area contributed by atoms with Crippen molar-refractivity contribution in [2.75, 3.05) is 13.1 Å². The molecule has 0 atom stereocenters. The van der Waals surface area contributed by atoms with Gasteiger partial charge in [0.2, 0.25) is 5.91 Å². The summed E-state index contributed by atoms with van der Waals surface area (Å²) < 4.78 is 12.8. The monoisotopic (exact) mass is 368 g/mol. The van der Waals surface area contributed by atoms with E-state index >= 15 is 0 Å². The first-order chi connectivity index (χ1) is 11.5. The van der Waals surface area contributed by atoms with Crippen LogP contribution in [0.3, 0.4) is 0 Å². The minimum Gasteiger partial charge on any atom is -0.354 e. The number of carbonyl (C=O) groups is 2. The Hall–Kier alpha value is -2.11. The third-order valence-corrected chi connectivity index (χ3v) is 3.83. The van der Waals surface area contributed by atoms with E-state index in [1.165, 1.54) is 24.3 Å². The number of rotatable bonds is 6. The van der Waals surface area contributed by atoms with E-state index in [-0.39, 0.29) is 18.0 Å². The fourth-order valence-corrected chi connectivity index (χ4v) is 2.49. The van der Waals surface area contributed by atoms with Crippen LogP contribution in [0.2, 0.25) is 10.0 Å². The van der Waals surface area contributed by atoms with Crippen molar-refractivity contribution < 1.29 is 14.0 Å². The molecule has 24 heavy (non-hydrogen) atoms. The fraction of sp³-hybridized carbons (Fsp3) is 0.176. The topological polar surface area (TPSA) is 58.2 Å². The van der Waals surface area contributed by atoms with Crippen molar-refractivity contribution in [3.8, 4) is 0 Å². The molecule has 0 fully saturated rings. The second-order valence-electron chi connectivity index (χ2n) is 5.03. The van der Waals surface area contributed by atoms with E-state index in [1.54, 1.807) is 18.2 Å². The van der Waals surface area contributed by atoms with E-state index in [0.717, 1.165) is 5.56 Å². The zero-order chi connectivity index (χ0) is 17.5. The Morgan fingerprint density at radius 1 is 1.00 bits per heavy atom. The molecule has 7 heteroatoms. The highest BCUT2D eigenvalue weighted by atomic mass is 35.5. The number of halogens is 3. The van der Waals surface area contributed by atoms with Gasteiger partial charge in [0.1, 0.15) is 5.82 Å². The number of hydrogen-bond donors (Lipinski definition) is 2. The summed E-state index contributed by atoms with van der Waals surface area (Å²) in [5, 5.41) is 6.25. The van der Waals surface area contributed by atoms with Crippen LogP contribution in [0.25, 0.3) is 0 Å². The minimum absolute atomic E-state index is 0.162. The second-order valence-corrected chi connectivity index (χ2v) is 5.87. The van der Waals surface area contributed by atoms with Crippen LogP contribution in [-0.2, 0) is 11.2 Å². The van der Waals surface area contributed by atoms with Gasteiger partial charge in [0.25, 0.3) is 5.91 Å². The van der Waals surface area contributed by atoms with Gasteiger partial charge in [0.15, 0.2) is 0 Å². The molecular weight excluding hydrogens is 354 g/mol. The van der Waals surface area contributed by atoms with Crippen LogP contribution in [0.15, 0.2) is 42.5 Å². The van der Waals surface area contributed by atoms with Gasteiger partial charge in [-0.15, -0.1) is 0 Å². The van der Waals surface area contributed by atoms with E-state index in [0.29, 0.717) is 23.0 Å². The van der Waals surface area contributed by atoms with Crippen LogP contribution >= 0.6 is 23.2 Å². The number of amides is 2. The van der Waals surface area contributed by atoms with Gasteiger partial charge < -0.3 is 10.6 Å². The number of benzene rings is 2. The first-order valence-corrected chi connectivity index (χ1v) is 7.95. The smallest absolute Gasteiger partial charge is 0.251 e. The van der Waals surface area contributed by atoms with Crippen molar-refractivity contribution in [1.82, 2.24) is 10.6 Å². The van der Waals surface area contributed by atoms with E-state index in [2.05, 4.69) is 10.6 Å². The van der Waals surface area contributed by atoms with E-state index in [1.807, 2.05) is 0 Å². The summed E-state index contributed by atoms with van der Waals surface area (Å²) in [5.74, 6) is -1.19. The van der Waals surface area contributed by atoms with Gasteiger partial charge in [-0.25, -0.2) is 4.39 Å². The Morgan fingerprint density at radius 2 is 1.71 bits per heavy atom. The third kappa shape index (κ3) is 5.51. The van der Waals surface area contributed by atoms with Gasteiger partial charge in [-0.05, 0) is 48.4 Å². The summed E-state index contributed by atoms with van der Waals surface area (Å²) in [5.41, 5.74) is 1.16. The van der Waals surface area contributed by atoms with Gasteiger partial charge in [0.05, 0.1) is 6.54 Å². The Labute approximate surface area is 149 Å². The first-order valence-electron chi connectivity index (χ1n) is 7.20. The molecule has 0 saturated heterocycles. The highest BCUT2D eigenvalue weighted by Gasteiger charge is 2.08. The lowest BCUT2D eigenvalue weighted by atomic mass is 10.1. The molecule has 2 rings (SSSR count). The molecule has 2 aromatic rings. The van der Waals surface area contributed by atoms with Crippen molar-refractivity contribution in [2.24, 2.45) is 0 Å². The van der Waals surface area contributed by atoms with Crippen molar-refractivity contribution in [3.05, 3.63) is 69.5 Å². The highest BCUT2D eigenvalue weighted by Crippen LogP contribution is 2.20. The summed E-state index contributed by atoms with van der Waals surface area (Å²) in [4.78, 5) is 23.5. The van der Waals surface area contributed by atoms with Gasteiger partial charge in [-0.1, -0.05) is 29.3 Å². The lowest BCUT2D eigenvalue weighted by Gasteiger charge is -2.08. The Kier molecular flexibility index (Phi) is 6.58. The zero-order valence-electron chi connectivity index (χ0n) is 12.6. The molecule has 0 saturated carbocycles. The van der Waals surface area contributed by atoms with Crippen molar-refractivity contribution in [2.45, 2.75) is 6.42 Å². The van der Waals surface area contributed by atoms with Crippen LogP contribution < -0.4 is 10.6 Å². The standard InChI is InChI=1S/C17H15Cl2FN2O2/c18-13-4-1-11(15(19)9-13)7-8-21-16(23)10-22-17(24)12-2-5-14(20)6-3-12/h1-6,9H,7-8,10H2,(H,21,23)(H,22,24). The molecule has 4 nitrogen and oxygen atoms in total. The summed E-state index contributed by atoms with van der Waals surface area (Å²) in [6, 6.07) is 10.2. The molecule has 0 unspecified atom stereocenters. The number of hydrogen-bond acceptors (Lipinski definition) is 2. The Bertz CT molecular complexity index is 736. The first kappa shape index (κ1) is 18.2. The average Bonchev–Trinajstić information content (AvgIpc) is 2.55. The highest BCUT2D eigenvalue weighted by molar-refractivity contribution is 6.35. The Morgan fingerprint density at radius 3 is 2.38 bits per heavy atom. The molecule has 0 heterocycles. The van der Waals surface area contributed by atoms with Gasteiger partial charge in [-0.2, -0.15) is 0 Å². The molecule has 126 valence electrons. The molecule has 0 radical (unpaired) electrons. The van der Waals surface area contributed by atoms with Crippen molar-refractivity contribution in [1.29, 1.82) is 0 Å². The molecular formula is C17H15Cl2FN2O2. The SMILES string of the molecule is O=C(CNC(=O)c1ccc(F)cc1)NCCc1ccc(Cl)cc1Cl. The van der Waals surface area contributed by atoms with Crippen molar-refractivity contribution >= 4 is 35.0 Å². The van der Waals surface area contributed by atoms with E-state index in [9.17, 15) is 14.0 Å². The normalized spacial score (nSPS) is 10.3. The predicted molar refractivity (Wildman–Crippen MR) is 91.9 cm³/mol. The van der Waals surface area contributed by atoms with Gasteiger partial charge >= 0.3 is 0 Å². The summed E-state index contributed by atoms with van der Waals surface area (Å²) in [6.07, 6.45) is 0.549. The van der Waals surface area contributed by atoms with Crippen LogP contribution in [0.5, 0.6) is 0 Å². The summed E-state index contributed by atoms with van der Waals surface area (Å²) in [7, 11) is 0. The Balaban J connectivity index is 1.73. The summed E-state index contributed by atoms with van der Waals surface area (Å²) in [6.45, 7) is 0.219.